The lowest BCUT2D eigenvalue weighted by Gasteiger charge is -2.11. The summed E-state index contributed by atoms with van der Waals surface area (Å²) >= 11 is 3.20. The Hall–Kier alpha value is -1.03. The van der Waals surface area contributed by atoms with Crippen LogP contribution in [-0.4, -0.2) is 24.5 Å². The van der Waals surface area contributed by atoms with Crippen LogP contribution in [0.4, 0.5) is 0 Å². The van der Waals surface area contributed by atoms with Crippen molar-refractivity contribution in [2.45, 2.75) is 18.7 Å². The molecule has 0 bridgehead atoms. The van der Waals surface area contributed by atoms with Crippen LogP contribution in [0.15, 0.2) is 18.2 Å². The van der Waals surface area contributed by atoms with Crippen molar-refractivity contribution in [2.24, 2.45) is 0 Å². The molecule has 0 spiro atoms. The van der Waals surface area contributed by atoms with Gasteiger partial charge in [0.1, 0.15) is 17.2 Å². The number of benzene rings is 1. The first kappa shape index (κ1) is 13.0. The predicted octanol–water partition coefficient (Wildman–Crippen LogP) is 2.62. The molecular weight excluding hydrogens is 272 g/mol. The maximum atomic E-state index is 11.1. The van der Waals surface area contributed by atoms with Crippen molar-refractivity contribution in [3.05, 3.63) is 29.3 Å². The maximum Gasteiger partial charge on any atom is 0.322 e. The van der Waals surface area contributed by atoms with E-state index in [9.17, 15) is 4.79 Å². The molecule has 16 heavy (non-hydrogen) atoms. The van der Waals surface area contributed by atoms with Crippen molar-refractivity contribution in [2.75, 3.05) is 13.7 Å². The fraction of sp³-hybridized carbons (Fsp3) is 0.417. The number of hydrogen-bond acceptors (Lipinski definition) is 3. The van der Waals surface area contributed by atoms with Gasteiger partial charge < -0.3 is 9.47 Å². The van der Waals surface area contributed by atoms with Crippen LogP contribution in [0.5, 0.6) is 5.75 Å². The van der Waals surface area contributed by atoms with E-state index in [1.54, 1.807) is 0 Å². The Bertz CT molecular complexity index is 356. The minimum absolute atomic E-state index is 0.259. The number of hydrogen-bond donors (Lipinski definition) is 0. The van der Waals surface area contributed by atoms with E-state index in [2.05, 4.69) is 26.7 Å². The molecule has 0 aliphatic rings. The minimum atomic E-state index is -0.432. The van der Waals surface area contributed by atoms with Gasteiger partial charge in [-0.1, -0.05) is 22.0 Å². The van der Waals surface area contributed by atoms with Gasteiger partial charge in [-0.3, -0.25) is 4.79 Å². The number of rotatable bonds is 4. The molecule has 0 aliphatic heterocycles. The number of aryl methyl sites for hydroxylation is 2. The first-order valence-corrected chi connectivity index (χ1v) is 5.87. The maximum absolute atomic E-state index is 11.1. The Kier molecular flexibility index (Phi) is 4.80. The van der Waals surface area contributed by atoms with Crippen LogP contribution in [0.25, 0.3) is 0 Å². The van der Waals surface area contributed by atoms with E-state index in [4.69, 9.17) is 4.74 Å². The van der Waals surface area contributed by atoms with Crippen LogP contribution in [0.1, 0.15) is 11.1 Å². The lowest BCUT2D eigenvalue weighted by atomic mass is 10.1. The molecule has 1 aromatic carbocycles. The monoisotopic (exact) mass is 286 g/mol. The number of alkyl halides is 1. The van der Waals surface area contributed by atoms with Crippen LogP contribution in [0.3, 0.4) is 0 Å². The lowest BCUT2D eigenvalue weighted by Crippen LogP contribution is -2.22. The van der Waals surface area contributed by atoms with Gasteiger partial charge in [-0.15, -0.1) is 0 Å². The van der Waals surface area contributed by atoms with Gasteiger partial charge in [0, 0.05) is 0 Å². The van der Waals surface area contributed by atoms with Crippen LogP contribution >= 0.6 is 15.9 Å². The van der Waals surface area contributed by atoms with Crippen molar-refractivity contribution in [3.8, 4) is 5.75 Å². The molecule has 0 radical (unpaired) electrons. The molecule has 1 unspecified atom stereocenters. The number of halogens is 1. The zero-order chi connectivity index (χ0) is 12.1. The summed E-state index contributed by atoms with van der Waals surface area (Å²) in [5.74, 6) is 0.440. The highest BCUT2D eigenvalue weighted by Crippen LogP contribution is 2.17. The zero-order valence-electron chi connectivity index (χ0n) is 9.62. The van der Waals surface area contributed by atoms with E-state index >= 15 is 0 Å². The van der Waals surface area contributed by atoms with Gasteiger partial charge in [-0.25, -0.2) is 0 Å². The average Bonchev–Trinajstić information content (AvgIpc) is 2.23. The molecule has 4 heteroatoms. The van der Waals surface area contributed by atoms with E-state index in [1.807, 2.05) is 26.0 Å². The van der Waals surface area contributed by atoms with Gasteiger partial charge in [0.15, 0.2) is 0 Å². The normalized spacial score (nSPS) is 12.0. The molecule has 0 heterocycles. The van der Waals surface area contributed by atoms with Crippen molar-refractivity contribution in [1.82, 2.24) is 0 Å². The third-order valence-corrected chi connectivity index (χ3v) is 2.69. The fourth-order valence-electron chi connectivity index (χ4n) is 1.38. The number of carbonyl (C=O) groups is 1. The average molecular weight is 287 g/mol. The number of ether oxygens (including phenoxy) is 2. The van der Waals surface area contributed by atoms with Gasteiger partial charge in [0.25, 0.3) is 0 Å². The number of esters is 1. The van der Waals surface area contributed by atoms with E-state index in [0.717, 1.165) is 16.9 Å². The minimum Gasteiger partial charge on any atom is -0.492 e. The molecule has 3 nitrogen and oxygen atoms in total. The highest BCUT2D eigenvalue weighted by atomic mass is 79.9. The summed E-state index contributed by atoms with van der Waals surface area (Å²) < 4.78 is 10.1. The van der Waals surface area contributed by atoms with Crippen LogP contribution < -0.4 is 4.74 Å². The largest absolute Gasteiger partial charge is 0.492 e. The molecule has 0 amide bonds. The van der Waals surface area contributed by atoms with Gasteiger partial charge >= 0.3 is 5.97 Å². The molecule has 0 N–H and O–H groups in total. The van der Waals surface area contributed by atoms with Crippen molar-refractivity contribution >= 4 is 21.9 Å². The first-order valence-electron chi connectivity index (χ1n) is 4.96. The Labute approximate surface area is 104 Å². The SMILES string of the molecule is COC(=O)C(Br)COc1cc(C)cc(C)c1. The van der Waals surface area contributed by atoms with Gasteiger partial charge in [0.2, 0.25) is 0 Å². The van der Waals surface area contributed by atoms with E-state index < -0.39 is 4.83 Å². The van der Waals surface area contributed by atoms with E-state index in [-0.39, 0.29) is 12.6 Å². The van der Waals surface area contributed by atoms with E-state index in [0.29, 0.717) is 0 Å². The lowest BCUT2D eigenvalue weighted by molar-refractivity contribution is -0.140. The molecule has 0 saturated carbocycles. The Balaban J connectivity index is 2.57. The Morgan fingerprint density at radius 2 is 1.88 bits per heavy atom. The molecule has 0 aromatic heterocycles. The topological polar surface area (TPSA) is 35.5 Å². The second kappa shape index (κ2) is 5.89. The third kappa shape index (κ3) is 3.85. The zero-order valence-corrected chi connectivity index (χ0v) is 11.2. The third-order valence-electron chi connectivity index (χ3n) is 2.05. The summed E-state index contributed by atoms with van der Waals surface area (Å²) in [5.41, 5.74) is 2.28. The summed E-state index contributed by atoms with van der Waals surface area (Å²) in [6, 6.07) is 5.94. The summed E-state index contributed by atoms with van der Waals surface area (Å²) in [4.78, 5) is 10.7. The van der Waals surface area contributed by atoms with E-state index in [1.165, 1.54) is 7.11 Å². The van der Waals surface area contributed by atoms with Crippen LogP contribution in [0, 0.1) is 13.8 Å². The molecule has 1 atom stereocenters. The van der Waals surface area contributed by atoms with Crippen LogP contribution in [0.2, 0.25) is 0 Å². The fourth-order valence-corrected chi connectivity index (χ4v) is 1.70. The molecule has 0 aliphatic carbocycles. The first-order chi connectivity index (χ1) is 7.52. The quantitative estimate of drug-likeness (QED) is 0.631. The smallest absolute Gasteiger partial charge is 0.322 e. The van der Waals surface area contributed by atoms with Gasteiger partial charge in [-0.05, 0) is 37.1 Å². The molecule has 88 valence electrons. The van der Waals surface area contributed by atoms with Crippen molar-refractivity contribution < 1.29 is 14.3 Å². The standard InChI is InChI=1S/C12H15BrO3/c1-8-4-9(2)6-10(5-8)16-7-11(13)12(14)15-3/h4-6,11H,7H2,1-3H3. The Morgan fingerprint density at radius 1 is 1.31 bits per heavy atom. The van der Waals surface area contributed by atoms with Crippen LogP contribution in [-0.2, 0) is 9.53 Å². The number of methoxy groups -OCH3 is 1. The molecule has 1 rings (SSSR count). The highest BCUT2D eigenvalue weighted by Gasteiger charge is 2.15. The van der Waals surface area contributed by atoms with Crippen molar-refractivity contribution in [1.29, 1.82) is 0 Å². The summed E-state index contributed by atoms with van der Waals surface area (Å²) in [6.07, 6.45) is 0. The molecule has 0 saturated heterocycles. The van der Waals surface area contributed by atoms with Gasteiger partial charge in [0.05, 0.1) is 7.11 Å². The predicted molar refractivity (Wildman–Crippen MR) is 66.1 cm³/mol. The Morgan fingerprint density at radius 3 is 2.38 bits per heavy atom. The highest BCUT2D eigenvalue weighted by molar-refractivity contribution is 9.10. The van der Waals surface area contributed by atoms with Gasteiger partial charge in [-0.2, -0.15) is 0 Å². The second-order valence-corrected chi connectivity index (χ2v) is 4.73. The molecule has 1 aromatic rings. The summed E-state index contributed by atoms with van der Waals surface area (Å²) in [7, 11) is 1.35. The number of carbonyl (C=O) groups excluding carboxylic acids is 1. The summed E-state index contributed by atoms with van der Waals surface area (Å²) in [6.45, 7) is 4.27. The summed E-state index contributed by atoms with van der Waals surface area (Å²) in [5, 5.41) is 0. The molecule has 0 fully saturated rings. The molecular formula is C12H15BrO3. The van der Waals surface area contributed by atoms with Crippen molar-refractivity contribution in [3.63, 3.8) is 0 Å². The second-order valence-electron chi connectivity index (χ2n) is 3.63.